The molecule has 7 aromatic carbocycles. The first-order chi connectivity index (χ1) is 21.2. The van der Waals surface area contributed by atoms with Gasteiger partial charge < -0.3 is 0 Å². The lowest BCUT2D eigenvalue weighted by Crippen LogP contribution is -2.25. The summed E-state index contributed by atoms with van der Waals surface area (Å²) in [4.78, 5) is 5.28. The van der Waals surface area contributed by atoms with Crippen molar-refractivity contribution in [3.8, 4) is 0 Å². The summed E-state index contributed by atoms with van der Waals surface area (Å²) in [5, 5.41) is 12.1. The number of fused-ring (bicyclic) bond motifs is 11. The highest BCUT2D eigenvalue weighted by molar-refractivity contribution is 8.25. The van der Waals surface area contributed by atoms with Gasteiger partial charge in [-0.3, -0.25) is 4.40 Å². The van der Waals surface area contributed by atoms with Crippen LogP contribution < -0.4 is 15.9 Å². The third-order valence-corrected chi connectivity index (χ3v) is 13.8. The van der Waals surface area contributed by atoms with Crippen LogP contribution in [0.5, 0.6) is 0 Å². The molecule has 2 nitrogen and oxygen atoms in total. The second-order valence-electron chi connectivity index (χ2n) is 11.1. The van der Waals surface area contributed by atoms with E-state index in [2.05, 4.69) is 156 Å². The third-order valence-electron chi connectivity index (χ3n) is 8.80. The van der Waals surface area contributed by atoms with Gasteiger partial charge in [-0.1, -0.05) is 139 Å². The number of rotatable bonds is 3. The third kappa shape index (κ3) is 3.53. The Morgan fingerprint density at radius 3 is 1.84 bits per heavy atom. The number of imidazole rings is 1. The van der Waals surface area contributed by atoms with Crippen molar-refractivity contribution in [3.05, 3.63) is 152 Å². The van der Waals surface area contributed by atoms with E-state index in [0.717, 1.165) is 16.7 Å². The molecule has 2 aromatic heterocycles. The van der Waals surface area contributed by atoms with Crippen LogP contribution >= 0.6 is 6.04 Å². The Balaban J connectivity index is 1.49. The fourth-order valence-corrected chi connectivity index (χ4v) is 10.9. The highest BCUT2D eigenvalue weighted by atomic mass is 32.4. The summed E-state index contributed by atoms with van der Waals surface area (Å²) in [5.74, 6) is 0. The zero-order valence-corrected chi connectivity index (χ0v) is 24.9. The SMILES string of the molecule is S=P(c1ccccc1)(c1ccccc1)c1cccc2c1ccc1c3cc4ccccc4cc3n3c4ccccc4nc3c21. The minimum absolute atomic E-state index is 0.981. The lowest BCUT2D eigenvalue weighted by Gasteiger charge is -2.26. The standard InChI is InChI=1S/C39H25N2PS/c43-42(28-14-3-1-4-15-28,29-16-5-2-6-17-29)37-21-11-18-31-30(37)22-23-32-33-24-26-12-7-8-13-27(26)25-36(33)41-35-20-10-9-19-34(35)40-39(41)38(31)32/h1-25H. The first kappa shape index (κ1) is 24.7. The van der Waals surface area contributed by atoms with Crippen molar-refractivity contribution in [2.45, 2.75) is 0 Å². The van der Waals surface area contributed by atoms with Crippen LogP contribution in [0.15, 0.2) is 152 Å². The molecule has 9 aromatic rings. The van der Waals surface area contributed by atoms with E-state index in [1.54, 1.807) is 0 Å². The molecule has 0 aliphatic rings. The van der Waals surface area contributed by atoms with Gasteiger partial charge in [-0.05, 0) is 61.8 Å². The fraction of sp³-hybridized carbons (Fsp3) is 0. The smallest absolute Gasteiger partial charge is 0.147 e. The Morgan fingerprint density at radius 1 is 0.488 bits per heavy atom. The first-order valence-electron chi connectivity index (χ1n) is 14.5. The second-order valence-corrected chi connectivity index (χ2v) is 15.5. The second kappa shape index (κ2) is 9.34. The van der Waals surface area contributed by atoms with Gasteiger partial charge >= 0.3 is 0 Å². The minimum Gasteiger partial charge on any atom is -0.292 e. The maximum atomic E-state index is 6.82. The van der Waals surface area contributed by atoms with Gasteiger partial charge in [0.05, 0.1) is 16.6 Å². The average Bonchev–Trinajstić information content (AvgIpc) is 3.47. The molecule has 0 saturated carbocycles. The van der Waals surface area contributed by atoms with Crippen molar-refractivity contribution in [1.82, 2.24) is 9.38 Å². The van der Waals surface area contributed by atoms with Crippen molar-refractivity contribution < 1.29 is 0 Å². The molecule has 43 heavy (non-hydrogen) atoms. The van der Waals surface area contributed by atoms with Gasteiger partial charge in [0, 0.05) is 22.1 Å². The van der Waals surface area contributed by atoms with Crippen molar-refractivity contribution in [2.24, 2.45) is 0 Å². The van der Waals surface area contributed by atoms with E-state index in [1.807, 2.05) is 0 Å². The summed E-state index contributed by atoms with van der Waals surface area (Å²) in [6, 6.07) is 52.0. The van der Waals surface area contributed by atoms with Crippen LogP contribution in [0.1, 0.15) is 0 Å². The Hall–Kier alpha value is -4.82. The van der Waals surface area contributed by atoms with Crippen LogP contribution in [0.3, 0.4) is 0 Å². The molecule has 0 saturated heterocycles. The van der Waals surface area contributed by atoms with Gasteiger partial charge in [0.25, 0.3) is 0 Å². The molecule has 0 aliphatic carbocycles. The molecule has 9 rings (SSSR count). The molecule has 0 radical (unpaired) electrons. The lowest BCUT2D eigenvalue weighted by molar-refractivity contribution is 1.32. The summed E-state index contributed by atoms with van der Waals surface area (Å²) in [6.07, 6.45) is 0. The number of pyridine rings is 1. The van der Waals surface area contributed by atoms with E-state index in [1.165, 1.54) is 59.1 Å². The molecule has 4 heteroatoms. The van der Waals surface area contributed by atoms with Gasteiger partial charge in [-0.2, -0.15) is 0 Å². The van der Waals surface area contributed by atoms with Crippen LogP contribution in [-0.4, -0.2) is 9.38 Å². The van der Waals surface area contributed by atoms with Crippen LogP contribution in [0, 0.1) is 0 Å². The molecule has 0 spiro atoms. The van der Waals surface area contributed by atoms with Gasteiger partial charge in [-0.25, -0.2) is 4.98 Å². The molecule has 0 aliphatic heterocycles. The van der Waals surface area contributed by atoms with Crippen molar-refractivity contribution in [1.29, 1.82) is 0 Å². The van der Waals surface area contributed by atoms with E-state index >= 15 is 0 Å². The number of aromatic nitrogens is 2. The number of benzene rings is 7. The highest BCUT2D eigenvalue weighted by Crippen LogP contribution is 2.46. The number of hydrogen-bond donors (Lipinski definition) is 0. The van der Waals surface area contributed by atoms with Crippen LogP contribution in [0.25, 0.3) is 59.9 Å². The van der Waals surface area contributed by atoms with Crippen LogP contribution in [0.2, 0.25) is 0 Å². The van der Waals surface area contributed by atoms with Crippen molar-refractivity contribution in [2.75, 3.05) is 0 Å². The van der Waals surface area contributed by atoms with E-state index in [9.17, 15) is 0 Å². The normalized spacial score (nSPS) is 12.3. The Bertz CT molecular complexity index is 2540. The minimum atomic E-state index is -2.36. The summed E-state index contributed by atoms with van der Waals surface area (Å²) in [5.41, 5.74) is 4.27. The molecular weight excluding hydrogens is 559 g/mol. The van der Waals surface area contributed by atoms with Gasteiger partial charge in [0.1, 0.15) is 5.65 Å². The monoisotopic (exact) mass is 584 g/mol. The molecule has 2 heterocycles. The molecular formula is C39H25N2PS. The zero-order valence-electron chi connectivity index (χ0n) is 23.2. The predicted octanol–water partition coefficient (Wildman–Crippen LogP) is 8.86. The van der Waals surface area contributed by atoms with Gasteiger partial charge in [0.2, 0.25) is 0 Å². The topological polar surface area (TPSA) is 17.3 Å². The predicted molar refractivity (Wildman–Crippen MR) is 189 cm³/mol. The summed E-state index contributed by atoms with van der Waals surface area (Å²) >= 11 is 6.82. The Morgan fingerprint density at radius 2 is 1.09 bits per heavy atom. The molecule has 0 fully saturated rings. The molecule has 0 N–H and O–H groups in total. The average molecular weight is 585 g/mol. The quantitative estimate of drug-likeness (QED) is 0.117. The lowest BCUT2D eigenvalue weighted by atomic mass is 9.97. The molecule has 0 bridgehead atoms. The largest absolute Gasteiger partial charge is 0.292 e. The van der Waals surface area contributed by atoms with E-state index in [-0.39, 0.29) is 0 Å². The van der Waals surface area contributed by atoms with Crippen molar-refractivity contribution >= 4 is 93.7 Å². The highest BCUT2D eigenvalue weighted by Gasteiger charge is 2.27. The van der Waals surface area contributed by atoms with E-state index in [0.29, 0.717) is 0 Å². The molecule has 202 valence electrons. The summed E-state index contributed by atoms with van der Waals surface area (Å²) in [6.45, 7) is 0. The van der Waals surface area contributed by atoms with Gasteiger partial charge in [-0.15, -0.1) is 0 Å². The van der Waals surface area contributed by atoms with E-state index in [4.69, 9.17) is 16.8 Å². The Kier molecular flexibility index (Phi) is 5.38. The summed E-state index contributed by atoms with van der Waals surface area (Å²) < 4.78 is 2.36. The van der Waals surface area contributed by atoms with Crippen LogP contribution in [-0.2, 0) is 11.8 Å². The number of nitrogens with zero attached hydrogens (tertiary/aromatic N) is 2. The van der Waals surface area contributed by atoms with Gasteiger partial charge in [0.15, 0.2) is 0 Å². The van der Waals surface area contributed by atoms with Crippen LogP contribution in [0.4, 0.5) is 0 Å². The first-order valence-corrected chi connectivity index (χ1v) is 17.3. The zero-order chi connectivity index (χ0) is 28.5. The number of hydrogen-bond acceptors (Lipinski definition) is 2. The maximum Gasteiger partial charge on any atom is 0.147 e. The maximum absolute atomic E-state index is 6.82. The molecule has 0 atom stereocenters. The summed E-state index contributed by atoms with van der Waals surface area (Å²) in [7, 11) is 0. The molecule has 0 unspecified atom stereocenters. The fourth-order valence-electron chi connectivity index (χ4n) is 6.85. The number of para-hydroxylation sites is 2. The van der Waals surface area contributed by atoms with E-state index < -0.39 is 6.04 Å². The van der Waals surface area contributed by atoms with Crippen molar-refractivity contribution in [3.63, 3.8) is 0 Å². The molecule has 0 amide bonds. The Labute approximate surface area is 253 Å².